The first-order chi connectivity index (χ1) is 34.5. The van der Waals surface area contributed by atoms with E-state index in [1.54, 1.807) is 0 Å². The lowest BCUT2D eigenvalue weighted by molar-refractivity contribution is 0.164. The van der Waals surface area contributed by atoms with Crippen LogP contribution in [0.2, 0.25) is 0 Å². The van der Waals surface area contributed by atoms with Gasteiger partial charge in [-0.25, -0.2) is 31.1 Å². The topological polar surface area (TPSA) is 143 Å². The van der Waals surface area contributed by atoms with E-state index in [1.165, 1.54) is 12.7 Å². The summed E-state index contributed by atoms with van der Waals surface area (Å²) in [6.07, 6.45) is -0.647. The molecule has 0 radical (unpaired) electrons. The number of ether oxygens (including phenoxy) is 1. The van der Waals surface area contributed by atoms with Crippen molar-refractivity contribution in [2.45, 2.75) is 153 Å². The van der Waals surface area contributed by atoms with Gasteiger partial charge in [-0.2, -0.15) is 0 Å². The fourth-order valence-corrected chi connectivity index (χ4v) is 13.1. The summed E-state index contributed by atoms with van der Waals surface area (Å²) in [6.45, 7) is 24.9. The molecule has 0 heterocycles. The van der Waals surface area contributed by atoms with Gasteiger partial charge in [0.1, 0.15) is 0 Å². The molecule has 4 N–H and O–H groups in total. The van der Waals surface area contributed by atoms with Crippen LogP contribution in [-0.2, 0) is 24.8 Å². The summed E-state index contributed by atoms with van der Waals surface area (Å²) in [5.74, 6) is 0.707. The first-order valence-corrected chi connectivity index (χ1v) is 28.6. The second-order valence-corrected chi connectivity index (χ2v) is 24.0. The van der Waals surface area contributed by atoms with Gasteiger partial charge in [0.2, 0.25) is 20.0 Å². The average molecular weight is 1030 g/mol. The fraction of sp³-hybridized carbons (Fsp3) is 0.393. The van der Waals surface area contributed by atoms with E-state index in [9.17, 15) is 21.6 Å². The van der Waals surface area contributed by atoms with Crippen molar-refractivity contribution in [2.75, 3.05) is 14.2 Å². The molecule has 0 spiro atoms. The number of methoxy groups -OCH3 is 1. The number of sulfonamides is 2. The van der Waals surface area contributed by atoms with Crippen LogP contribution in [0, 0.1) is 0 Å². The van der Waals surface area contributed by atoms with Crippen LogP contribution < -0.4 is 20.1 Å². The highest BCUT2D eigenvalue weighted by atomic mass is 32.2. The molecule has 0 saturated heterocycles. The van der Waals surface area contributed by atoms with Gasteiger partial charge >= 0.3 is 6.09 Å². The van der Waals surface area contributed by atoms with Crippen molar-refractivity contribution in [3.63, 3.8) is 0 Å². The quantitative estimate of drug-likeness (QED) is 0.0596. The summed E-state index contributed by atoms with van der Waals surface area (Å²) in [4.78, 5) is 13.2. The number of hydrogen-bond donors (Lipinski definition) is 4. The molecule has 10 nitrogen and oxygen atoms in total. The van der Waals surface area contributed by atoms with E-state index in [2.05, 4.69) is 87.6 Å². The highest BCUT2D eigenvalue weighted by molar-refractivity contribution is 7.90. The standard InChI is InChI=1S/C31H40N2O4S.C30H40N2O2S/c1-20(2)25-18-26(21(3)4)30(27(19-25)22(5)6)38(35,36)33-29(24-16-12-9-13-17-24)28(32-31(34)37-7)23-14-10-8-11-15-23;1-20(2)25-18-26(21(3)4)30(27(19-25)22(5)6)35(33,34)32-29(24-16-12-9-13-17-24)28(31-7)23-14-10-8-11-15-23/h8-22,28-29,33H,1-7H3,(H,32,34);8-22,28-29,31-32H,1-7H3/t2*28-,29-/m00/s1. The molecule has 1 amide bonds. The smallest absolute Gasteiger partial charge is 0.407 e. The maximum Gasteiger partial charge on any atom is 0.407 e. The molecule has 4 atom stereocenters. The first-order valence-electron chi connectivity index (χ1n) is 25.6. The van der Waals surface area contributed by atoms with Crippen LogP contribution in [0.25, 0.3) is 0 Å². The van der Waals surface area contributed by atoms with Crippen LogP contribution in [0.4, 0.5) is 4.79 Å². The van der Waals surface area contributed by atoms with Gasteiger partial charge in [0.25, 0.3) is 0 Å². The number of benzene rings is 6. The lowest BCUT2D eigenvalue weighted by atomic mass is 9.89. The van der Waals surface area contributed by atoms with Gasteiger partial charge in [-0.15, -0.1) is 0 Å². The molecule has 0 aliphatic carbocycles. The monoisotopic (exact) mass is 1030 g/mol. The molecule has 0 saturated carbocycles. The third-order valence-corrected chi connectivity index (χ3v) is 16.5. The molecule has 0 fully saturated rings. The molecule has 6 aromatic carbocycles. The Labute approximate surface area is 438 Å². The van der Waals surface area contributed by atoms with Gasteiger partial charge in [-0.05, 0) is 98.2 Å². The van der Waals surface area contributed by atoms with Crippen molar-refractivity contribution in [1.29, 1.82) is 0 Å². The van der Waals surface area contributed by atoms with E-state index in [0.29, 0.717) is 15.7 Å². The maximum absolute atomic E-state index is 14.4. The third kappa shape index (κ3) is 14.8. The van der Waals surface area contributed by atoms with E-state index in [0.717, 1.165) is 50.1 Å². The number of hydrogen-bond acceptors (Lipinski definition) is 7. The summed E-state index contributed by atoms with van der Waals surface area (Å²) >= 11 is 0. The van der Waals surface area contributed by atoms with E-state index in [1.807, 2.05) is 168 Å². The Hall–Kier alpha value is -5.63. The number of alkyl carbamates (subject to hydrolysis) is 1. The Morgan fingerprint density at radius 1 is 0.384 bits per heavy atom. The third-order valence-electron chi connectivity index (χ3n) is 13.3. The number of rotatable bonds is 20. The Balaban J connectivity index is 0.000000272. The molecular weight excluding hydrogens is 949 g/mol. The Bertz CT molecular complexity index is 2870. The van der Waals surface area contributed by atoms with Crippen molar-refractivity contribution in [1.82, 2.24) is 20.1 Å². The first kappa shape index (κ1) is 58.3. The minimum absolute atomic E-state index is 0.00827. The van der Waals surface area contributed by atoms with Crippen molar-refractivity contribution in [3.05, 3.63) is 201 Å². The van der Waals surface area contributed by atoms with Crippen molar-refractivity contribution in [2.24, 2.45) is 0 Å². The zero-order chi connectivity index (χ0) is 53.8. The molecule has 0 unspecified atom stereocenters. The molecule has 0 aliphatic rings. The number of nitrogens with one attached hydrogen (secondary N) is 4. The van der Waals surface area contributed by atoms with Gasteiger partial charge in [-0.1, -0.05) is 229 Å². The maximum atomic E-state index is 14.4. The zero-order valence-corrected chi connectivity index (χ0v) is 47.0. The van der Waals surface area contributed by atoms with E-state index >= 15 is 0 Å². The summed E-state index contributed by atoms with van der Waals surface area (Å²) < 4.78 is 68.3. The predicted octanol–water partition coefficient (Wildman–Crippen LogP) is 14.2. The van der Waals surface area contributed by atoms with Crippen LogP contribution >= 0.6 is 0 Å². The normalized spacial score (nSPS) is 13.8. The summed E-state index contributed by atoms with van der Waals surface area (Å²) in [5.41, 5.74) is 9.02. The van der Waals surface area contributed by atoms with Crippen LogP contribution in [0.5, 0.6) is 0 Å². The van der Waals surface area contributed by atoms with Gasteiger partial charge in [0.15, 0.2) is 0 Å². The van der Waals surface area contributed by atoms with Crippen LogP contribution in [0.15, 0.2) is 155 Å². The highest BCUT2D eigenvalue weighted by Crippen LogP contribution is 2.40. The Kier molecular flexibility index (Phi) is 20.8. The lowest BCUT2D eigenvalue weighted by Crippen LogP contribution is -2.41. The Morgan fingerprint density at radius 3 is 0.890 bits per heavy atom. The average Bonchev–Trinajstić information content (AvgIpc) is 3.37. The van der Waals surface area contributed by atoms with Crippen LogP contribution in [0.3, 0.4) is 0 Å². The second-order valence-electron chi connectivity index (χ2n) is 20.7. The number of likely N-dealkylation sites (N-methyl/N-ethyl adjacent to an activating group) is 1. The van der Waals surface area contributed by atoms with Gasteiger partial charge in [0.05, 0.1) is 41.1 Å². The lowest BCUT2D eigenvalue weighted by Gasteiger charge is -2.31. The molecular formula is C61H80N4O6S2. The van der Waals surface area contributed by atoms with Crippen molar-refractivity contribution >= 4 is 26.1 Å². The minimum atomic E-state index is -4.04. The molecule has 12 heteroatoms. The zero-order valence-electron chi connectivity index (χ0n) is 45.4. The molecule has 0 aromatic heterocycles. The summed E-state index contributed by atoms with van der Waals surface area (Å²) in [7, 11) is -4.73. The van der Waals surface area contributed by atoms with Gasteiger partial charge < -0.3 is 15.4 Å². The SMILES string of the molecule is CN[C@@H](c1ccccc1)[C@@H](NS(=O)(=O)c1c(C(C)C)cc(C(C)C)cc1C(C)C)c1ccccc1.COC(=O)N[C@@H](c1ccccc1)[C@@H](NS(=O)(=O)c1c(C(C)C)cc(C(C)C)cc1C(C)C)c1ccccc1. The highest BCUT2D eigenvalue weighted by Gasteiger charge is 2.36. The molecule has 6 rings (SSSR count). The predicted molar refractivity (Wildman–Crippen MR) is 299 cm³/mol. The number of carbonyl (C=O) groups is 1. The van der Waals surface area contributed by atoms with Gasteiger partial charge in [-0.3, -0.25) is 0 Å². The van der Waals surface area contributed by atoms with Crippen molar-refractivity contribution < 1.29 is 26.4 Å². The molecule has 73 heavy (non-hydrogen) atoms. The van der Waals surface area contributed by atoms with Crippen LogP contribution in [-0.4, -0.2) is 37.1 Å². The summed E-state index contributed by atoms with van der Waals surface area (Å²) in [6, 6.07) is 44.4. The van der Waals surface area contributed by atoms with Crippen LogP contribution in [0.1, 0.15) is 198 Å². The van der Waals surface area contributed by atoms with Crippen molar-refractivity contribution in [3.8, 4) is 0 Å². The largest absolute Gasteiger partial charge is 0.453 e. The molecule has 6 aromatic rings. The van der Waals surface area contributed by atoms with E-state index in [-0.39, 0.29) is 35.6 Å². The molecule has 0 aliphatic heterocycles. The fourth-order valence-electron chi connectivity index (χ4n) is 9.22. The minimum Gasteiger partial charge on any atom is -0.453 e. The van der Waals surface area contributed by atoms with E-state index < -0.39 is 44.3 Å². The van der Waals surface area contributed by atoms with Gasteiger partial charge in [0, 0.05) is 0 Å². The number of carbonyl (C=O) groups excluding carboxylic acids is 1. The number of amides is 1. The Morgan fingerprint density at radius 2 is 0.644 bits per heavy atom. The molecule has 392 valence electrons. The summed E-state index contributed by atoms with van der Waals surface area (Å²) in [5, 5.41) is 6.23. The van der Waals surface area contributed by atoms with E-state index in [4.69, 9.17) is 4.74 Å². The second kappa shape index (κ2) is 26.0. The molecule has 0 bridgehead atoms.